The van der Waals surface area contributed by atoms with Crippen LogP contribution in [-0.4, -0.2) is 4.37 Å². The molecule has 78 valence electrons. The standard InChI is InChI=1S/C10H11N3OS/c11-8-9(12)15-13-10(8)14-6-7-4-2-1-3-5-7/h1-5H,6,11-12H2. The number of hydrogen-bond donors (Lipinski definition) is 2. The van der Waals surface area contributed by atoms with Crippen molar-refractivity contribution in [2.45, 2.75) is 6.61 Å². The van der Waals surface area contributed by atoms with Gasteiger partial charge in [0.05, 0.1) is 0 Å². The van der Waals surface area contributed by atoms with E-state index in [-0.39, 0.29) is 0 Å². The Morgan fingerprint density at radius 2 is 1.93 bits per heavy atom. The van der Waals surface area contributed by atoms with Gasteiger partial charge >= 0.3 is 0 Å². The molecule has 15 heavy (non-hydrogen) atoms. The summed E-state index contributed by atoms with van der Waals surface area (Å²) in [4.78, 5) is 0. The summed E-state index contributed by atoms with van der Waals surface area (Å²) in [6, 6.07) is 9.82. The van der Waals surface area contributed by atoms with E-state index in [4.69, 9.17) is 16.2 Å². The lowest BCUT2D eigenvalue weighted by Crippen LogP contribution is -1.98. The molecule has 0 fully saturated rings. The molecule has 1 heterocycles. The van der Waals surface area contributed by atoms with E-state index in [1.807, 2.05) is 30.3 Å². The predicted molar refractivity (Wildman–Crippen MR) is 61.7 cm³/mol. The molecule has 0 bridgehead atoms. The van der Waals surface area contributed by atoms with Gasteiger partial charge < -0.3 is 16.2 Å². The van der Waals surface area contributed by atoms with Gasteiger partial charge in [0.25, 0.3) is 5.88 Å². The van der Waals surface area contributed by atoms with Crippen LogP contribution in [0.2, 0.25) is 0 Å². The number of nitrogens with zero attached hydrogens (tertiary/aromatic N) is 1. The Kier molecular flexibility index (Phi) is 2.73. The first-order valence-corrected chi connectivity index (χ1v) is 5.22. The fraction of sp³-hybridized carbons (Fsp3) is 0.100. The monoisotopic (exact) mass is 221 g/mol. The zero-order valence-electron chi connectivity index (χ0n) is 8.01. The molecule has 0 amide bonds. The van der Waals surface area contributed by atoms with Crippen molar-refractivity contribution in [3.8, 4) is 5.88 Å². The number of hydrogen-bond acceptors (Lipinski definition) is 5. The topological polar surface area (TPSA) is 74.2 Å². The van der Waals surface area contributed by atoms with Crippen molar-refractivity contribution in [1.82, 2.24) is 4.37 Å². The van der Waals surface area contributed by atoms with Crippen molar-refractivity contribution < 1.29 is 4.74 Å². The van der Waals surface area contributed by atoms with Crippen LogP contribution in [-0.2, 0) is 6.61 Å². The van der Waals surface area contributed by atoms with Crippen molar-refractivity contribution >= 4 is 22.2 Å². The molecule has 0 aliphatic carbocycles. The molecule has 0 aliphatic heterocycles. The van der Waals surface area contributed by atoms with Gasteiger partial charge in [-0.3, -0.25) is 0 Å². The first-order chi connectivity index (χ1) is 7.27. The molecule has 1 aromatic carbocycles. The normalized spacial score (nSPS) is 10.1. The van der Waals surface area contributed by atoms with Crippen LogP contribution >= 0.6 is 11.5 Å². The summed E-state index contributed by atoms with van der Waals surface area (Å²) in [5.74, 6) is 0.418. The predicted octanol–water partition coefficient (Wildman–Crippen LogP) is 1.89. The van der Waals surface area contributed by atoms with Crippen molar-refractivity contribution in [1.29, 1.82) is 0 Å². The molecule has 5 heteroatoms. The Bertz CT molecular complexity index is 441. The minimum Gasteiger partial charge on any atom is -0.471 e. The molecule has 4 N–H and O–H groups in total. The second-order valence-corrected chi connectivity index (χ2v) is 3.84. The van der Waals surface area contributed by atoms with E-state index >= 15 is 0 Å². The van der Waals surface area contributed by atoms with Gasteiger partial charge in [-0.1, -0.05) is 30.3 Å². The SMILES string of the molecule is Nc1snc(OCc2ccccc2)c1N. The van der Waals surface area contributed by atoms with E-state index in [0.29, 0.717) is 23.2 Å². The number of nitrogen functional groups attached to an aromatic ring is 2. The van der Waals surface area contributed by atoms with Gasteiger partial charge in [0.2, 0.25) is 0 Å². The molecule has 0 radical (unpaired) electrons. The van der Waals surface area contributed by atoms with Crippen molar-refractivity contribution in [2.75, 3.05) is 11.5 Å². The molecule has 0 unspecified atom stereocenters. The molecule has 0 aliphatic rings. The molecular formula is C10H11N3OS. The molecule has 0 saturated carbocycles. The smallest absolute Gasteiger partial charge is 0.251 e. The van der Waals surface area contributed by atoms with Crippen LogP contribution in [0.3, 0.4) is 0 Å². The summed E-state index contributed by atoms with van der Waals surface area (Å²) >= 11 is 1.14. The van der Waals surface area contributed by atoms with Gasteiger partial charge in [-0.05, 0) is 17.1 Å². The molecule has 1 aromatic heterocycles. The largest absolute Gasteiger partial charge is 0.471 e. The lowest BCUT2D eigenvalue weighted by Gasteiger charge is -2.03. The van der Waals surface area contributed by atoms with Crippen LogP contribution in [0.15, 0.2) is 30.3 Å². The maximum Gasteiger partial charge on any atom is 0.251 e. The van der Waals surface area contributed by atoms with Crippen molar-refractivity contribution in [3.63, 3.8) is 0 Å². The number of rotatable bonds is 3. The van der Waals surface area contributed by atoms with Gasteiger partial charge in [0, 0.05) is 0 Å². The highest BCUT2D eigenvalue weighted by Gasteiger charge is 2.08. The van der Waals surface area contributed by atoms with Gasteiger partial charge in [0.15, 0.2) is 0 Å². The molecule has 0 saturated heterocycles. The number of aromatic nitrogens is 1. The first-order valence-electron chi connectivity index (χ1n) is 4.44. The summed E-state index contributed by atoms with van der Waals surface area (Å²) in [6.07, 6.45) is 0. The Labute approximate surface area is 91.6 Å². The zero-order chi connectivity index (χ0) is 10.7. The van der Waals surface area contributed by atoms with E-state index in [9.17, 15) is 0 Å². The van der Waals surface area contributed by atoms with E-state index in [1.165, 1.54) is 0 Å². The minimum atomic E-state index is 0.418. The van der Waals surface area contributed by atoms with Crippen molar-refractivity contribution in [3.05, 3.63) is 35.9 Å². The maximum atomic E-state index is 5.66. The molecule has 2 rings (SSSR count). The number of nitrogens with two attached hydrogens (primary N) is 2. The Hall–Kier alpha value is -1.75. The highest BCUT2D eigenvalue weighted by atomic mass is 32.1. The highest BCUT2D eigenvalue weighted by molar-refractivity contribution is 7.10. The molecule has 2 aromatic rings. The Morgan fingerprint density at radius 1 is 1.20 bits per heavy atom. The highest BCUT2D eigenvalue weighted by Crippen LogP contribution is 2.30. The zero-order valence-corrected chi connectivity index (χ0v) is 8.83. The summed E-state index contributed by atoms with van der Waals surface area (Å²) in [6.45, 7) is 0.453. The van der Waals surface area contributed by atoms with Crippen LogP contribution < -0.4 is 16.2 Å². The summed E-state index contributed by atoms with van der Waals surface area (Å²) < 4.78 is 9.44. The first kappa shape index (κ1) is 9.79. The quantitative estimate of drug-likeness (QED) is 0.830. The third-order valence-corrected chi connectivity index (χ3v) is 2.61. The van der Waals surface area contributed by atoms with Crippen LogP contribution in [0, 0.1) is 0 Å². The van der Waals surface area contributed by atoms with Crippen LogP contribution in [0.25, 0.3) is 0 Å². The fourth-order valence-corrected chi connectivity index (χ4v) is 1.64. The minimum absolute atomic E-state index is 0.418. The van der Waals surface area contributed by atoms with Gasteiger partial charge in [-0.15, -0.1) is 0 Å². The number of anilines is 2. The van der Waals surface area contributed by atoms with E-state index in [0.717, 1.165) is 17.1 Å². The van der Waals surface area contributed by atoms with Crippen molar-refractivity contribution in [2.24, 2.45) is 0 Å². The van der Waals surface area contributed by atoms with E-state index in [2.05, 4.69) is 4.37 Å². The number of benzene rings is 1. The van der Waals surface area contributed by atoms with Crippen LogP contribution in [0.4, 0.5) is 10.7 Å². The van der Waals surface area contributed by atoms with Gasteiger partial charge in [0.1, 0.15) is 17.3 Å². The van der Waals surface area contributed by atoms with Gasteiger partial charge in [-0.25, -0.2) is 0 Å². The second-order valence-electron chi connectivity index (χ2n) is 3.04. The maximum absolute atomic E-state index is 5.66. The van der Waals surface area contributed by atoms with Crippen LogP contribution in [0.5, 0.6) is 5.88 Å². The summed E-state index contributed by atoms with van der Waals surface area (Å²) in [7, 11) is 0. The molecule has 4 nitrogen and oxygen atoms in total. The third-order valence-electron chi connectivity index (χ3n) is 1.94. The Balaban J connectivity index is 2.02. The lowest BCUT2D eigenvalue weighted by atomic mass is 10.2. The average molecular weight is 221 g/mol. The Morgan fingerprint density at radius 3 is 2.53 bits per heavy atom. The molecule has 0 spiro atoms. The van der Waals surface area contributed by atoms with Gasteiger partial charge in [-0.2, -0.15) is 4.37 Å². The molecular weight excluding hydrogens is 210 g/mol. The molecule has 0 atom stereocenters. The van der Waals surface area contributed by atoms with E-state index < -0.39 is 0 Å². The van der Waals surface area contributed by atoms with Crippen LogP contribution in [0.1, 0.15) is 5.56 Å². The van der Waals surface area contributed by atoms with E-state index in [1.54, 1.807) is 0 Å². The lowest BCUT2D eigenvalue weighted by molar-refractivity contribution is 0.299. The average Bonchev–Trinajstić information content (AvgIpc) is 2.59. The fourth-order valence-electron chi connectivity index (χ4n) is 1.12. The third kappa shape index (κ3) is 2.19. The summed E-state index contributed by atoms with van der Waals surface area (Å²) in [5.41, 5.74) is 12.7. The summed E-state index contributed by atoms with van der Waals surface area (Å²) in [5, 5.41) is 0.498. The number of ether oxygens (including phenoxy) is 1. The second kappa shape index (κ2) is 4.18.